The third-order valence-corrected chi connectivity index (χ3v) is 4.97. The molecular formula is C18H28N2. The fourth-order valence-electron chi connectivity index (χ4n) is 3.67. The van der Waals surface area contributed by atoms with Crippen LogP contribution in [0.3, 0.4) is 0 Å². The number of nitrogens with one attached hydrogen (secondary N) is 1. The number of rotatable bonds is 4. The second-order valence-electron chi connectivity index (χ2n) is 7.35. The Kier molecular flexibility index (Phi) is 4.02. The van der Waals surface area contributed by atoms with Gasteiger partial charge in [0.15, 0.2) is 0 Å². The van der Waals surface area contributed by atoms with Crippen LogP contribution in [-0.4, -0.2) is 19.1 Å². The first-order valence-electron chi connectivity index (χ1n) is 8.20. The molecule has 2 heteroatoms. The maximum atomic E-state index is 3.73. The van der Waals surface area contributed by atoms with E-state index in [0.717, 1.165) is 6.54 Å². The van der Waals surface area contributed by atoms with Crippen molar-refractivity contribution in [2.45, 2.75) is 58.5 Å². The van der Waals surface area contributed by atoms with E-state index in [0.29, 0.717) is 11.5 Å². The first-order valence-corrected chi connectivity index (χ1v) is 8.20. The highest BCUT2D eigenvalue weighted by atomic mass is 15.1. The molecule has 1 heterocycles. The lowest BCUT2D eigenvalue weighted by atomic mass is 9.92. The highest BCUT2D eigenvalue weighted by molar-refractivity contribution is 5.48. The van der Waals surface area contributed by atoms with E-state index >= 15 is 0 Å². The molecule has 1 aromatic carbocycles. The molecule has 0 bridgehead atoms. The molecular weight excluding hydrogens is 244 g/mol. The quantitative estimate of drug-likeness (QED) is 0.892. The van der Waals surface area contributed by atoms with E-state index in [-0.39, 0.29) is 0 Å². The van der Waals surface area contributed by atoms with E-state index in [1.807, 2.05) is 0 Å². The van der Waals surface area contributed by atoms with Gasteiger partial charge in [-0.3, -0.25) is 0 Å². The van der Waals surface area contributed by atoms with Crippen molar-refractivity contribution < 1.29 is 0 Å². The van der Waals surface area contributed by atoms with Gasteiger partial charge in [0.2, 0.25) is 0 Å². The van der Waals surface area contributed by atoms with E-state index in [1.54, 1.807) is 0 Å². The van der Waals surface area contributed by atoms with Gasteiger partial charge in [-0.1, -0.05) is 26.0 Å². The first kappa shape index (κ1) is 13.9. The predicted octanol–water partition coefficient (Wildman–Crippen LogP) is 3.96. The number of anilines is 1. The SMILES string of the molecule is CC1(C)CCC(NCc2ccc(N3CCCC3)cc2)C1. The first-order chi connectivity index (χ1) is 9.62. The van der Waals surface area contributed by atoms with Crippen molar-refractivity contribution in [3.8, 4) is 0 Å². The van der Waals surface area contributed by atoms with E-state index in [1.165, 1.54) is 56.4 Å². The van der Waals surface area contributed by atoms with Gasteiger partial charge in [0.05, 0.1) is 0 Å². The fourth-order valence-corrected chi connectivity index (χ4v) is 3.67. The van der Waals surface area contributed by atoms with Crippen LogP contribution in [0.15, 0.2) is 24.3 Å². The zero-order valence-electron chi connectivity index (χ0n) is 13.0. The topological polar surface area (TPSA) is 15.3 Å². The molecule has 0 spiro atoms. The van der Waals surface area contributed by atoms with Crippen molar-refractivity contribution in [1.82, 2.24) is 5.32 Å². The summed E-state index contributed by atoms with van der Waals surface area (Å²) in [6, 6.07) is 9.88. The largest absolute Gasteiger partial charge is 0.372 e. The van der Waals surface area contributed by atoms with Crippen LogP contribution in [0.4, 0.5) is 5.69 Å². The lowest BCUT2D eigenvalue weighted by molar-refractivity contribution is 0.364. The molecule has 0 radical (unpaired) electrons. The average Bonchev–Trinajstić information content (AvgIpc) is 3.06. The molecule has 1 aliphatic carbocycles. The minimum absolute atomic E-state index is 0.539. The van der Waals surface area contributed by atoms with Crippen LogP contribution in [0.25, 0.3) is 0 Å². The monoisotopic (exact) mass is 272 g/mol. The van der Waals surface area contributed by atoms with Gasteiger partial charge in [-0.2, -0.15) is 0 Å². The number of hydrogen-bond acceptors (Lipinski definition) is 2. The number of benzene rings is 1. The predicted molar refractivity (Wildman–Crippen MR) is 86.1 cm³/mol. The molecule has 2 fully saturated rings. The Morgan fingerprint density at radius 3 is 2.45 bits per heavy atom. The standard InChI is InChI=1S/C18H28N2/c1-18(2)10-9-16(13-18)19-14-15-5-7-17(8-6-15)20-11-3-4-12-20/h5-8,16,19H,3-4,9-14H2,1-2H3. The molecule has 1 saturated heterocycles. The maximum Gasteiger partial charge on any atom is 0.0366 e. The molecule has 1 unspecified atom stereocenters. The van der Waals surface area contributed by atoms with Crippen LogP contribution in [0, 0.1) is 5.41 Å². The molecule has 0 amide bonds. The number of hydrogen-bond donors (Lipinski definition) is 1. The summed E-state index contributed by atoms with van der Waals surface area (Å²) in [4.78, 5) is 2.50. The average molecular weight is 272 g/mol. The highest BCUT2D eigenvalue weighted by Crippen LogP contribution is 2.37. The van der Waals surface area contributed by atoms with Crippen molar-refractivity contribution in [2.24, 2.45) is 5.41 Å². The number of nitrogens with zero attached hydrogens (tertiary/aromatic N) is 1. The van der Waals surface area contributed by atoms with E-state index in [9.17, 15) is 0 Å². The van der Waals surface area contributed by atoms with Crippen molar-refractivity contribution in [3.63, 3.8) is 0 Å². The zero-order valence-corrected chi connectivity index (χ0v) is 13.0. The van der Waals surface area contributed by atoms with Crippen LogP contribution < -0.4 is 10.2 Å². The molecule has 110 valence electrons. The molecule has 20 heavy (non-hydrogen) atoms. The summed E-state index contributed by atoms with van der Waals surface area (Å²) in [5.74, 6) is 0. The summed E-state index contributed by atoms with van der Waals surface area (Å²) < 4.78 is 0. The molecule has 1 aromatic rings. The second-order valence-corrected chi connectivity index (χ2v) is 7.35. The fraction of sp³-hybridized carbons (Fsp3) is 0.667. The lowest BCUT2D eigenvalue weighted by Gasteiger charge is -2.19. The third-order valence-electron chi connectivity index (χ3n) is 4.97. The van der Waals surface area contributed by atoms with Gasteiger partial charge in [-0.15, -0.1) is 0 Å². The summed E-state index contributed by atoms with van der Waals surface area (Å²) in [5, 5.41) is 3.73. The van der Waals surface area contributed by atoms with E-state index < -0.39 is 0 Å². The molecule has 2 nitrogen and oxygen atoms in total. The molecule has 0 aromatic heterocycles. The summed E-state index contributed by atoms with van der Waals surface area (Å²) in [6.45, 7) is 8.25. The zero-order chi connectivity index (χ0) is 14.0. The Morgan fingerprint density at radius 1 is 1.15 bits per heavy atom. The van der Waals surface area contributed by atoms with Crippen LogP contribution in [0.1, 0.15) is 51.5 Å². The summed E-state index contributed by atoms with van der Waals surface area (Å²) in [5.41, 5.74) is 3.35. The minimum Gasteiger partial charge on any atom is -0.372 e. The van der Waals surface area contributed by atoms with Crippen molar-refractivity contribution in [3.05, 3.63) is 29.8 Å². The Bertz CT molecular complexity index is 429. The van der Waals surface area contributed by atoms with Crippen molar-refractivity contribution >= 4 is 5.69 Å². The maximum absolute atomic E-state index is 3.73. The lowest BCUT2D eigenvalue weighted by Crippen LogP contribution is -2.26. The van der Waals surface area contributed by atoms with Gasteiger partial charge in [-0.05, 0) is 55.2 Å². The summed E-state index contributed by atoms with van der Waals surface area (Å²) >= 11 is 0. The van der Waals surface area contributed by atoms with Crippen molar-refractivity contribution in [1.29, 1.82) is 0 Å². The van der Waals surface area contributed by atoms with Crippen LogP contribution >= 0.6 is 0 Å². The Labute approximate surface area is 123 Å². The van der Waals surface area contributed by atoms with Crippen LogP contribution in [0.2, 0.25) is 0 Å². The minimum atomic E-state index is 0.539. The van der Waals surface area contributed by atoms with E-state index in [4.69, 9.17) is 0 Å². The normalized spacial score (nSPS) is 25.3. The van der Waals surface area contributed by atoms with Gasteiger partial charge in [0.1, 0.15) is 0 Å². The van der Waals surface area contributed by atoms with Crippen molar-refractivity contribution in [2.75, 3.05) is 18.0 Å². The molecule has 3 rings (SSSR count). The van der Waals surface area contributed by atoms with Gasteiger partial charge in [0, 0.05) is 31.4 Å². The Balaban J connectivity index is 1.51. The summed E-state index contributed by atoms with van der Waals surface area (Å²) in [6.07, 6.45) is 6.71. The molecule has 1 atom stereocenters. The van der Waals surface area contributed by atoms with Crippen LogP contribution in [0.5, 0.6) is 0 Å². The van der Waals surface area contributed by atoms with Crippen LogP contribution in [-0.2, 0) is 6.54 Å². The third kappa shape index (κ3) is 3.35. The smallest absolute Gasteiger partial charge is 0.0366 e. The Morgan fingerprint density at radius 2 is 1.85 bits per heavy atom. The van der Waals surface area contributed by atoms with Gasteiger partial charge in [-0.25, -0.2) is 0 Å². The summed E-state index contributed by atoms with van der Waals surface area (Å²) in [7, 11) is 0. The Hall–Kier alpha value is -1.02. The van der Waals surface area contributed by atoms with Gasteiger partial charge >= 0.3 is 0 Å². The van der Waals surface area contributed by atoms with Gasteiger partial charge in [0.25, 0.3) is 0 Å². The molecule has 1 N–H and O–H groups in total. The highest BCUT2D eigenvalue weighted by Gasteiger charge is 2.30. The van der Waals surface area contributed by atoms with Gasteiger partial charge < -0.3 is 10.2 Å². The molecule has 1 aliphatic heterocycles. The molecule has 2 aliphatic rings. The second kappa shape index (κ2) is 5.77. The molecule has 1 saturated carbocycles. The van der Waals surface area contributed by atoms with E-state index in [2.05, 4.69) is 48.3 Å².